The minimum Gasteiger partial charge on any atom is -0.337 e. The first-order valence-electron chi connectivity index (χ1n) is 8.08. The maximum absolute atomic E-state index is 12.7. The van der Waals surface area contributed by atoms with Crippen LogP contribution in [0.4, 0.5) is 0 Å². The number of amides is 1. The molecule has 24 heavy (non-hydrogen) atoms. The highest BCUT2D eigenvalue weighted by atomic mass is 16.2. The molecular formula is C21H18N2O. The third kappa shape index (κ3) is 2.58. The van der Waals surface area contributed by atoms with Gasteiger partial charge in [-0.25, -0.2) is 0 Å². The van der Waals surface area contributed by atoms with E-state index in [0.29, 0.717) is 6.54 Å². The van der Waals surface area contributed by atoms with E-state index in [1.165, 1.54) is 22.3 Å². The largest absolute Gasteiger partial charge is 0.337 e. The van der Waals surface area contributed by atoms with Gasteiger partial charge in [-0.1, -0.05) is 36.4 Å². The van der Waals surface area contributed by atoms with Gasteiger partial charge in [-0.15, -0.1) is 0 Å². The highest BCUT2D eigenvalue weighted by Gasteiger charge is 2.20. The second-order valence-corrected chi connectivity index (χ2v) is 6.23. The molecule has 0 spiro atoms. The Labute approximate surface area is 141 Å². The monoisotopic (exact) mass is 314 g/mol. The number of hydrogen-bond donors (Lipinski definition) is 0. The van der Waals surface area contributed by atoms with Crippen molar-refractivity contribution in [2.24, 2.45) is 0 Å². The van der Waals surface area contributed by atoms with E-state index in [2.05, 4.69) is 35.3 Å². The van der Waals surface area contributed by atoms with Gasteiger partial charge in [-0.2, -0.15) is 0 Å². The molecule has 1 aliphatic carbocycles. The molecule has 3 aromatic rings. The van der Waals surface area contributed by atoms with E-state index in [-0.39, 0.29) is 5.91 Å². The number of hydrogen-bond acceptors (Lipinski definition) is 2. The number of pyridine rings is 1. The molecule has 0 radical (unpaired) electrons. The Balaban J connectivity index is 1.57. The maximum atomic E-state index is 12.7. The fourth-order valence-electron chi connectivity index (χ4n) is 3.34. The molecule has 1 heterocycles. The third-order valence-electron chi connectivity index (χ3n) is 4.53. The Hall–Kier alpha value is -2.94. The Bertz CT molecular complexity index is 903. The predicted octanol–water partition coefficient (Wildman–Crippen LogP) is 3.93. The average Bonchev–Trinajstić information content (AvgIpc) is 2.99. The van der Waals surface area contributed by atoms with Gasteiger partial charge in [0.25, 0.3) is 5.91 Å². The van der Waals surface area contributed by atoms with Gasteiger partial charge in [-0.3, -0.25) is 9.78 Å². The quantitative estimate of drug-likeness (QED) is 0.574. The summed E-state index contributed by atoms with van der Waals surface area (Å²) in [5.41, 5.74) is 6.87. The van der Waals surface area contributed by atoms with Crippen LogP contribution in [0.5, 0.6) is 0 Å². The van der Waals surface area contributed by atoms with Gasteiger partial charge in [-0.05, 0) is 52.4 Å². The van der Waals surface area contributed by atoms with Crippen molar-refractivity contribution < 1.29 is 4.79 Å². The zero-order valence-electron chi connectivity index (χ0n) is 13.6. The Kier molecular flexibility index (Phi) is 3.62. The molecule has 1 aromatic heterocycles. The molecule has 3 heteroatoms. The van der Waals surface area contributed by atoms with E-state index in [9.17, 15) is 4.79 Å². The lowest BCUT2D eigenvalue weighted by atomic mass is 10.0. The molecule has 4 rings (SSSR count). The number of nitrogens with zero attached hydrogens (tertiary/aromatic N) is 2. The fraction of sp³-hybridized carbons (Fsp3) is 0.143. The van der Waals surface area contributed by atoms with Crippen LogP contribution in [0.15, 0.2) is 67.0 Å². The van der Waals surface area contributed by atoms with Crippen molar-refractivity contribution in [3.8, 4) is 11.1 Å². The van der Waals surface area contributed by atoms with E-state index in [1.54, 1.807) is 17.3 Å². The fourth-order valence-corrected chi connectivity index (χ4v) is 3.34. The van der Waals surface area contributed by atoms with Crippen LogP contribution in [0.2, 0.25) is 0 Å². The molecule has 1 amide bonds. The first-order valence-corrected chi connectivity index (χ1v) is 8.08. The highest BCUT2D eigenvalue weighted by molar-refractivity contribution is 5.95. The minimum atomic E-state index is 0.0395. The number of aromatic nitrogens is 1. The lowest BCUT2D eigenvalue weighted by Crippen LogP contribution is -2.26. The molecule has 1 aliphatic rings. The van der Waals surface area contributed by atoms with Crippen molar-refractivity contribution in [2.45, 2.75) is 13.0 Å². The second-order valence-electron chi connectivity index (χ2n) is 6.23. The van der Waals surface area contributed by atoms with E-state index in [0.717, 1.165) is 17.5 Å². The van der Waals surface area contributed by atoms with Crippen LogP contribution in [0.1, 0.15) is 27.0 Å². The summed E-state index contributed by atoms with van der Waals surface area (Å²) in [7, 11) is 1.83. The summed E-state index contributed by atoms with van der Waals surface area (Å²) in [6.07, 6.45) is 4.44. The smallest absolute Gasteiger partial charge is 0.253 e. The van der Waals surface area contributed by atoms with Crippen LogP contribution in [0.25, 0.3) is 11.1 Å². The number of carbonyl (C=O) groups excluding carboxylic acids is 1. The average molecular weight is 314 g/mol. The summed E-state index contributed by atoms with van der Waals surface area (Å²) in [6, 6.07) is 18.4. The van der Waals surface area contributed by atoms with Crippen LogP contribution in [-0.4, -0.2) is 22.8 Å². The summed E-state index contributed by atoms with van der Waals surface area (Å²) in [4.78, 5) is 18.6. The maximum Gasteiger partial charge on any atom is 0.253 e. The second kappa shape index (κ2) is 5.93. The van der Waals surface area contributed by atoms with Gasteiger partial charge in [0.1, 0.15) is 0 Å². The highest BCUT2D eigenvalue weighted by Crippen LogP contribution is 2.36. The van der Waals surface area contributed by atoms with Gasteiger partial charge >= 0.3 is 0 Å². The molecule has 0 N–H and O–H groups in total. The van der Waals surface area contributed by atoms with Crippen LogP contribution >= 0.6 is 0 Å². The number of benzene rings is 2. The van der Waals surface area contributed by atoms with Gasteiger partial charge < -0.3 is 4.90 Å². The van der Waals surface area contributed by atoms with Gasteiger partial charge in [0.15, 0.2) is 0 Å². The normalized spacial score (nSPS) is 11.7. The molecule has 0 atom stereocenters. The summed E-state index contributed by atoms with van der Waals surface area (Å²) >= 11 is 0. The standard InChI is InChI=1S/C21H18N2O/c1-23(14-15-5-4-10-22-13-15)21(24)17-8-9-20-18(12-17)11-16-6-2-3-7-19(16)20/h2-10,12-13H,11,14H2,1H3. The number of carbonyl (C=O) groups is 1. The molecular weight excluding hydrogens is 296 g/mol. The number of fused-ring (bicyclic) bond motifs is 3. The third-order valence-corrected chi connectivity index (χ3v) is 4.53. The van der Waals surface area contributed by atoms with Crippen molar-refractivity contribution in [1.29, 1.82) is 0 Å². The first kappa shape index (κ1) is 14.6. The molecule has 0 aliphatic heterocycles. The topological polar surface area (TPSA) is 33.2 Å². The summed E-state index contributed by atoms with van der Waals surface area (Å²) in [6.45, 7) is 0.560. The van der Waals surface area contributed by atoms with Gasteiger partial charge in [0, 0.05) is 31.5 Å². The molecule has 2 aromatic carbocycles. The Morgan fingerprint density at radius 2 is 1.88 bits per heavy atom. The van der Waals surface area contributed by atoms with E-state index in [1.807, 2.05) is 31.3 Å². The minimum absolute atomic E-state index is 0.0395. The molecule has 0 unspecified atom stereocenters. The lowest BCUT2D eigenvalue weighted by Gasteiger charge is -2.17. The zero-order valence-corrected chi connectivity index (χ0v) is 13.6. The van der Waals surface area contributed by atoms with Crippen molar-refractivity contribution in [3.05, 3.63) is 89.2 Å². The van der Waals surface area contributed by atoms with Crippen LogP contribution in [-0.2, 0) is 13.0 Å². The molecule has 118 valence electrons. The van der Waals surface area contributed by atoms with E-state index in [4.69, 9.17) is 0 Å². The van der Waals surface area contributed by atoms with Crippen molar-refractivity contribution in [1.82, 2.24) is 9.88 Å². The molecule has 3 nitrogen and oxygen atoms in total. The van der Waals surface area contributed by atoms with Crippen molar-refractivity contribution >= 4 is 5.91 Å². The van der Waals surface area contributed by atoms with E-state index < -0.39 is 0 Å². The molecule has 0 saturated carbocycles. The predicted molar refractivity (Wildman–Crippen MR) is 94.7 cm³/mol. The van der Waals surface area contributed by atoms with E-state index >= 15 is 0 Å². The molecule has 0 fully saturated rings. The van der Waals surface area contributed by atoms with Crippen molar-refractivity contribution in [2.75, 3.05) is 7.05 Å². The van der Waals surface area contributed by atoms with Gasteiger partial charge in [0.2, 0.25) is 0 Å². The Morgan fingerprint density at radius 1 is 1.04 bits per heavy atom. The molecule has 0 bridgehead atoms. The summed E-state index contributed by atoms with van der Waals surface area (Å²) in [5.74, 6) is 0.0395. The SMILES string of the molecule is CN(Cc1cccnc1)C(=O)c1ccc2c(c1)Cc1ccccc1-2. The molecule has 0 saturated heterocycles. The lowest BCUT2D eigenvalue weighted by molar-refractivity contribution is 0.0785. The Morgan fingerprint density at radius 3 is 2.71 bits per heavy atom. The van der Waals surface area contributed by atoms with Crippen LogP contribution in [0.3, 0.4) is 0 Å². The van der Waals surface area contributed by atoms with Crippen LogP contribution < -0.4 is 0 Å². The number of rotatable bonds is 3. The van der Waals surface area contributed by atoms with Crippen molar-refractivity contribution in [3.63, 3.8) is 0 Å². The van der Waals surface area contributed by atoms with Gasteiger partial charge in [0.05, 0.1) is 0 Å². The summed E-state index contributed by atoms with van der Waals surface area (Å²) in [5, 5.41) is 0. The first-order chi connectivity index (χ1) is 11.7. The summed E-state index contributed by atoms with van der Waals surface area (Å²) < 4.78 is 0. The zero-order chi connectivity index (χ0) is 16.5. The van der Waals surface area contributed by atoms with Crippen LogP contribution in [0, 0.1) is 0 Å².